The maximum atomic E-state index is 5.87. The molecule has 19 nitrogen and oxygen atoms in total. The third-order valence-corrected chi connectivity index (χ3v) is 43.1. The van der Waals surface area contributed by atoms with Crippen LogP contribution < -0.4 is 0 Å². The minimum Gasteiger partial charge on any atom is -0.662 e. The second kappa shape index (κ2) is 39.9. The summed E-state index contributed by atoms with van der Waals surface area (Å²) >= 11 is 0. The predicted octanol–water partition coefficient (Wildman–Crippen LogP) is 8.64. The van der Waals surface area contributed by atoms with Crippen LogP contribution in [0.15, 0.2) is 0 Å². The summed E-state index contributed by atoms with van der Waals surface area (Å²) in [6.07, 6.45) is 7.76. The van der Waals surface area contributed by atoms with Crippen molar-refractivity contribution in [1.29, 1.82) is 0 Å². The van der Waals surface area contributed by atoms with Crippen LogP contribution in [0, 0.1) is 0 Å². The molecule has 0 saturated heterocycles. The first kappa shape index (κ1) is 73.7. The Labute approximate surface area is 449 Å². The monoisotopic (exact) mass is 1320 g/mol. The molecule has 0 atom stereocenters. The molecule has 0 saturated carbocycles. The van der Waals surface area contributed by atoms with Crippen LogP contribution >= 0.6 is 0 Å². The van der Waals surface area contributed by atoms with E-state index in [4.69, 9.17) is 85.0 Å². The summed E-state index contributed by atoms with van der Waals surface area (Å²) in [6, 6.07) is 13.4. The molecule has 422 valence electrons. The number of rotatable bonds is 50. The first-order chi connectivity index (χ1) is 33.0. The van der Waals surface area contributed by atoms with Gasteiger partial charge in [0.1, 0.15) is 0 Å². The summed E-state index contributed by atoms with van der Waals surface area (Å²) in [6.45, 7) is 1.62. The fourth-order valence-electron chi connectivity index (χ4n) is 10.2. The zero-order valence-corrected chi connectivity index (χ0v) is 58.1. The van der Waals surface area contributed by atoms with Gasteiger partial charge in [-0.1, -0.05) is 99.7 Å². The standard InChI is InChI=1S/C42H102NO18Si8.W/c1-44-64(45-2,46-3)37-21-31-62(32-22-38-65(47-4,48-5)49-6,33-23-39-66(50-7,51-8)52-9)29-19-27-43-28-20-30-63(34-24-40-67(53-10,54-11)55-12,35-25-41-68(56-13,57-14)58-15)36-26-42-69(59-16,60-17)61-18;/h19-42H2,1-18H3;/q-1;. The van der Waals surface area contributed by atoms with E-state index in [9.17, 15) is 0 Å². The molecule has 0 aliphatic rings. The zero-order chi connectivity index (χ0) is 52.4. The van der Waals surface area contributed by atoms with Crippen LogP contribution in [0.5, 0.6) is 0 Å². The Morgan fingerprint density at radius 1 is 0.200 bits per heavy atom. The SMILES string of the molecule is CO[Si](CCC[Si](CCC[N-]CCC[Si](CCC[Si](OC)(OC)OC)(CCC[Si](OC)(OC)OC)CCC[Si](OC)(OC)OC)(CCC[Si](OC)(OC)OC)CCC[Si](OC)(OC)OC)(OC)OC.[W]. The van der Waals surface area contributed by atoms with E-state index in [1.165, 1.54) is 0 Å². The van der Waals surface area contributed by atoms with Gasteiger partial charge < -0.3 is 85.0 Å². The van der Waals surface area contributed by atoms with Crippen molar-refractivity contribution in [2.75, 3.05) is 141 Å². The van der Waals surface area contributed by atoms with Gasteiger partial charge in [-0.25, -0.2) is 0 Å². The number of hydrogen-bond acceptors (Lipinski definition) is 18. The van der Waals surface area contributed by atoms with Crippen molar-refractivity contribution in [3.63, 3.8) is 0 Å². The Morgan fingerprint density at radius 2 is 0.329 bits per heavy atom. The third-order valence-electron chi connectivity index (χ3n) is 14.8. The van der Waals surface area contributed by atoms with Gasteiger partial charge in [0.25, 0.3) is 0 Å². The molecule has 0 aromatic heterocycles. The van der Waals surface area contributed by atoms with Gasteiger partial charge in [0.2, 0.25) is 0 Å². The Balaban J connectivity index is 0. The van der Waals surface area contributed by atoms with Crippen LogP contribution in [0.2, 0.25) is 84.6 Å². The molecule has 0 fully saturated rings. The topological polar surface area (TPSA) is 180 Å². The quantitative estimate of drug-likeness (QED) is 0.0417. The molecule has 0 aromatic carbocycles. The second-order valence-corrected chi connectivity index (χ2v) is 46.3. The summed E-state index contributed by atoms with van der Waals surface area (Å²) in [7, 11) is 9.83. The normalized spacial score (nSPS) is 13.6. The number of nitrogens with zero attached hydrogens (tertiary/aromatic N) is 1. The molecular formula is C42H102NO18Si8W-. The van der Waals surface area contributed by atoms with E-state index in [2.05, 4.69) is 0 Å². The van der Waals surface area contributed by atoms with Crippen molar-refractivity contribution < 1.29 is 101 Å². The van der Waals surface area contributed by atoms with Gasteiger partial charge in [-0.3, -0.25) is 0 Å². The van der Waals surface area contributed by atoms with Crippen LogP contribution in [-0.2, 0) is 101 Å². The smallest absolute Gasteiger partial charge is 0.500 e. The summed E-state index contributed by atoms with van der Waals surface area (Å²) in [4.78, 5) is 0. The Hall–Kier alpha value is 1.66. The first-order valence-corrected chi connectivity index (χ1v) is 41.9. The van der Waals surface area contributed by atoms with Crippen LogP contribution in [0.4, 0.5) is 0 Å². The van der Waals surface area contributed by atoms with E-state index in [0.717, 1.165) is 149 Å². The minimum absolute atomic E-state index is 0. The van der Waals surface area contributed by atoms with E-state index in [0.29, 0.717) is 0 Å². The molecule has 0 N–H and O–H groups in total. The molecular weight excluding hydrogens is 1210 g/mol. The number of hydrogen-bond donors (Lipinski definition) is 0. The molecule has 28 heteroatoms. The molecule has 0 heterocycles. The van der Waals surface area contributed by atoms with E-state index in [1.54, 1.807) is 128 Å². The second-order valence-electron chi connectivity index (χ2n) is 17.8. The fourth-order valence-corrected chi connectivity index (χ4v) is 33.0. The van der Waals surface area contributed by atoms with Crippen LogP contribution in [-0.4, -0.2) is 210 Å². The zero-order valence-electron chi connectivity index (χ0n) is 47.2. The van der Waals surface area contributed by atoms with Gasteiger partial charge in [-0.05, 0) is 0 Å². The molecule has 0 aliphatic carbocycles. The Morgan fingerprint density at radius 3 is 0.457 bits per heavy atom. The van der Waals surface area contributed by atoms with Crippen molar-refractivity contribution in [3.05, 3.63) is 5.32 Å². The Bertz CT molecular complexity index is 979. The van der Waals surface area contributed by atoms with E-state index in [-0.39, 0.29) is 21.1 Å². The van der Waals surface area contributed by atoms with Gasteiger partial charge in [0, 0.05) is 185 Å². The average molecular weight is 1320 g/mol. The first-order valence-electron chi connectivity index (χ1n) is 24.6. The molecule has 0 bridgehead atoms. The summed E-state index contributed by atoms with van der Waals surface area (Å²) in [5.41, 5.74) is 0. The van der Waals surface area contributed by atoms with Gasteiger partial charge in [-0.2, -0.15) is 0 Å². The molecule has 0 aliphatic heterocycles. The summed E-state index contributed by atoms with van der Waals surface area (Å²) < 4.78 is 106. The van der Waals surface area contributed by atoms with Gasteiger partial charge in [-0.15, -0.1) is 13.1 Å². The van der Waals surface area contributed by atoms with Crippen molar-refractivity contribution >= 4 is 69.0 Å². The van der Waals surface area contributed by atoms with E-state index in [1.807, 2.05) is 0 Å². The molecule has 0 radical (unpaired) electrons. The van der Waals surface area contributed by atoms with Gasteiger partial charge >= 0.3 is 52.8 Å². The molecule has 70 heavy (non-hydrogen) atoms. The van der Waals surface area contributed by atoms with Crippen molar-refractivity contribution in [1.82, 2.24) is 0 Å². The average Bonchev–Trinajstić information content (AvgIpc) is 3.40. The molecule has 0 aromatic rings. The van der Waals surface area contributed by atoms with Gasteiger partial charge in [0.05, 0.1) is 16.1 Å². The van der Waals surface area contributed by atoms with E-state index >= 15 is 0 Å². The molecule has 0 spiro atoms. The van der Waals surface area contributed by atoms with Crippen LogP contribution in [0.3, 0.4) is 0 Å². The summed E-state index contributed by atoms with van der Waals surface area (Å²) in [5, 5.41) is 5.26. The molecule has 0 unspecified atom stereocenters. The molecule has 0 rings (SSSR count). The van der Waals surface area contributed by atoms with Crippen LogP contribution in [0.25, 0.3) is 5.32 Å². The predicted molar refractivity (Wildman–Crippen MR) is 290 cm³/mol. The van der Waals surface area contributed by atoms with Crippen molar-refractivity contribution in [2.24, 2.45) is 0 Å². The third kappa shape index (κ3) is 24.6. The Kier molecular flexibility index (Phi) is 42.1. The van der Waals surface area contributed by atoms with Crippen molar-refractivity contribution in [3.8, 4) is 0 Å². The maximum absolute atomic E-state index is 5.87. The van der Waals surface area contributed by atoms with E-state index < -0.39 is 69.0 Å². The van der Waals surface area contributed by atoms with Gasteiger partial charge in [0.15, 0.2) is 0 Å². The fraction of sp³-hybridized carbons (Fsp3) is 1.00. The van der Waals surface area contributed by atoms with Crippen molar-refractivity contribution in [2.45, 2.75) is 136 Å². The largest absolute Gasteiger partial charge is 0.662 e. The molecule has 0 amide bonds. The summed E-state index contributed by atoms with van der Waals surface area (Å²) in [5.74, 6) is 0. The van der Waals surface area contributed by atoms with Crippen LogP contribution in [0.1, 0.15) is 51.4 Å². The maximum Gasteiger partial charge on any atom is 0.500 e. The minimum atomic E-state index is -2.77.